The fourth-order valence-corrected chi connectivity index (χ4v) is 2.72. The van der Waals surface area contributed by atoms with Gasteiger partial charge in [0.05, 0.1) is 14.2 Å². The summed E-state index contributed by atoms with van der Waals surface area (Å²) in [6.45, 7) is 0. The second-order valence-corrected chi connectivity index (χ2v) is 6.33. The van der Waals surface area contributed by atoms with Gasteiger partial charge >= 0.3 is 0 Å². The monoisotopic (exact) mass is 389 g/mol. The van der Waals surface area contributed by atoms with E-state index in [0.29, 0.717) is 22.6 Å². The van der Waals surface area contributed by atoms with Gasteiger partial charge in [-0.1, -0.05) is 12.1 Å². The summed E-state index contributed by atoms with van der Waals surface area (Å²) < 4.78 is 24.1. The predicted molar refractivity (Wildman–Crippen MR) is 104 cm³/mol. The fraction of sp³-hybridized carbons (Fsp3) is 0.105. The van der Waals surface area contributed by atoms with Gasteiger partial charge in [0.1, 0.15) is 11.0 Å². The Labute approximate surface area is 159 Å². The Balaban J connectivity index is 1.94. The highest BCUT2D eigenvalue weighted by atomic mass is 32.2. The van der Waals surface area contributed by atoms with Crippen molar-refractivity contribution in [1.29, 1.82) is 0 Å². The SMILES string of the molecule is COc1ccc(/C=C\C(=O)NS(=O)/C=C/c2ccc(OC)c(O)c2)cc1O. The van der Waals surface area contributed by atoms with E-state index in [-0.39, 0.29) is 11.5 Å². The highest BCUT2D eigenvalue weighted by Crippen LogP contribution is 2.27. The van der Waals surface area contributed by atoms with Gasteiger partial charge in [-0.25, -0.2) is 4.21 Å². The molecule has 0 saturated heterocycles. The number of ether oxygens (including phenoxy) is 2. The highest BCUT2D eigenvalue weighted by molar-refractivity contribution is 7.86. The molecule has 8 heteroatoms. The molecular formula is C19H19NO6S. The zero-order chi connectivity index (χ0) is 19.8. The fourth-order valence-electron chi connectivity index (χ4n) is 2.10. The molecule has 27 heavy (non-hydrogen) atoms. The molecule has 0 fully saturated rings. The molecule has 2 aromatic carbocycles. The van der Waals surface area contributed by atoms with E-state index in [1.165, 1.54) is 50.0 Å². The molecule has 0 aliphatic heterocycles. The second kappa shape index (κ2) is 9.44. The Hall–Kier alpha value is -3.26. The van der Waals surface area contributed by atoms with Crippen molar-refractivity contribution >= 4 is 29.0 Å². The maximum absolute atomic E-state index is 11.9. The summed E-state index contributed by atoms with van der Waals surface area (Å²) in [5, 5.41) is 20.7. The van der Waals surface area contributed by atoms with Crippen LogP contribution >= 0.6 is 0 Å². The first-order valence-electron chi connectivity index (χ1n) is 7.74. The molecule has 2 rings (SSSR count). The Morgan fingerprint density at radius 2 is 1.48 bits per heavy atom. The van der Waals surface area contributed by atoms with Crippen LogP contribution in [0.15, 0.2) is 47.9 Å². The van der Waals surface area contributed by atoms with Crippen LogP contribution in [-0.4, -0.2) is 34.5 Å². The van der Waals surface area contributed by atoms with Crippen LogP contribution in [0.25, 0.3) is 12.2 Å². The lowest BCUT2D eigenvalue weighted by Crippen LogP contribution is -2.21. The minimum absolute atomic E-state index is 0.0415. The van der Waals surface area contributed by atoms with Gasteiger partial charge in [0.25, 0.3) is 5.91 Å². The molecule has 0 bridgehead atoms. The topological polar surface area (TPSA) is 105 Å². The number of methoxy groups -OCH3 is 2. The van der Waals surface area contributed by atoms with Gasteiger partial charge in [-0.3, -0.25) is 9.52 Å². The van der Waals surface area contributed by atoms with Crippen molar-refractivity contribution in [3.8, 4) is 23.0 Å². The van der Waals surface area contributed by atoms with E-state index in [1.807, 2.05) is 0 Å². The number of amides is 1. The predicted octanol–water partition coefficient (Wildman–Crippen LogP) is 2.58. The molecule has 1 amide bonds. The first kappa shape index (κ1) is 20.1. The summed E-state index contributed by atoms with van der Waals surface area (Å²) in [5.41, 5.74) is 1.18. The molecule has 7 nitrogen and oxygen atoms in total. The van der Waals surface area contributed by atoms with Crippen molar-refractivity contribution in [3.63, 3.8) is 0 Å². The van der Waals surface area contributed by atoms with Crippen LogP contribution in [-0.2, 0) is 15.8 Å². The van der Waals surface area contributed by atoms with E-state index in [0.717, 1.165) is 0 Å². The minimum atomic E-state index is -1.75. The molecule has 3 N–H and O–H groups in total. The van der Waals surface area contributed by atoms with Crippen LogP contribution < -0.4 is 14.2 Å². The number of nitrogens with one attached hydrogen (secondary N) is 1. The molecule has 0 saturated carbocycles. The smallest absolute Gasteiger partial charge is 0.255 e. The number of rotatable bonds is 7. The summed E-state index contributed by atoms with van der Waals surface area (Å²) in [6.07, 6.45) is 4.17. The lowest BCUT2D eigenvalue weighted by atomic mass is 10.2. The lowest BCUT2D eigenvalue weighted by molar-refractivity contribution is -0.114. The summed E-state index contributed by atoms with van der Waals surface area (Å²) >= 11 is 0. The maximum atomic E-state index is 11.9. The maximum Gasteiger partial charge on any atom is 0.255 e. The number of aromatic hydroxyl groups is 2. The number of phenolic OH excluding ortho intramolecular Hbond substituents is 2. The van der Waals surface area contributed by atoms with Gasteiger partial charge < -0.3 is 19.7 Å². The lowest BCUT2D eigenvalue weighted by Gasteiger charge is -2.03. The van der Waals surface area contributed by atoms with E-state index in [1.54, 1.807) is 24.3 Å². The molecule has 1 unspecified atom stereocenters. The van der Waals surface area contributed by atoms with Crippen molar-refractivity contribution in [1.82, 2.24) is 4.72 Å². The van der Waals surface area contributed by atoms with Crippen molar-refractivity contribution in [3.05, 3.63) is 59.0 Å². The highest BCUT2D eigenvalue weighted by Gasteiger charge is 2.03. The molecule has 142 valence electrons. The van der Waals surface area contributed by atoms with Gasteiger partial charge in [-0.05, 0) is 47.5 Å². The quantitative estimate of drug-likeness (QED) is 0.629. The number of hydrogen-bond donors (Lipinski definition) is 3. The second-order valence-electron chi connectivity index (χ2n) is 5.26. The molecule has 2 aromatic rings. The minimum Gasteiger partial charge on any atom is -0.504 e. The number of hydrogen-bond acceptors (Lipinski definition) is 6. The molecular weight excluding hydrogens is 370 g/mol. The van der Waals surface area contributed by atoms with E-state index >= 15 is 0 Å². The third-order valence-corrected chi connectivity index (χ3v) is 4.20. The third-order valence-electron chi connectivity index (χ3n) is 3.42. The number of carbonyl (C=O) groups excluding carboxylic acids is 1. The Bertz CT molecular complexity index is 834. The molecule has 0 aromatic heterocycles. The zero-order valence-corrected chi connectivity index (χ0v) is 15.5. The van der Waals surface area contributed by atoms with Crippen LogP contribution in [0, 0.1) is 0 Å². The standard InChI is InChI=1S/C19H19NO6S/c1-25-17-6-3-13(11-15(17)21)5-8-19(23)20-27(24)10-9-14-4-7-18(26-2)16(22)12-14/h3-12,21-22H,1-2H3,(H,20,23)/b8-5-,10-9+. The molecule has 0 aliphatic carbocycles. The van der Waals surface area contributed by atoms with Crippen molar-refractivity contribution in [2.45, 2.75) is 0 Å². The molecule has 0 radical (unpaired) electrons. The van der Waals surface area contributed by atoms with Crippen molar-refractivity contribution in [2.75, 3.05) is 14.2 Å². The summed E-state index contributed by atoms with van der Waals surface area (Å²) in [5.74, 6) is 0.00372. The van der Waals surface area contributed by atoms with Gasteiger partial charge in [-0.2, -0.15) is 0 Å². The van der Waals surface area contributed by atoms with E-state index in [2.05, 4.69) is 4.72 Å². The average molecular weight is 389 g/mol. The Kier molecular flexibility index (Phi) is 7.01. The number of benzene rings is 2. The first-order chi connectivity index (χ1) is 12.9. The van der Waals surface area contributed by atoms with Crippen LogP contribution in [0.2, 0.25) is 0 Å². The van der Waals surface area contributed by atoms with Gasteiger partial charge in [0, 0.05) is 11.5 Å². The van der Waals surface area contributed by atoms with Gasteiger partial charge in [-0.15, -0.1) is 0 Å². The number of phenols is 2. The van der Waals surface area contributed by atoms with Crippen LogP contribution in [0.4, 0.5) is 0 Å². The van der Waals surface area contributed by atoms with Crippen LogP contribution in [0.1, 0.15) is 11.1 Å². The van der Waals surface area contributed by atoms with E-state index < -0.39 is 16.9 Å². The average Bonchev–Trinajstić information content (AvgIpc) is 2.65. The Morgan fingerprint density at radius 1 is 0.963 bits per heavy atom. The first-order valence-corrected chi connectivity index (χ1v) is 8.95. The van der Waals surface area contributed by atoms with E-state index in [9.17, 15) is 19.2 Å². The Morgan fingerprint density at radius 3 is 1.96 bits per heavy atom. The molecule has 0 spiro atoms. The van der Waals surface area contributed by atoms with E-state index in [4.69, 9.17) is 9.47 Å². The summed E-state index contributed by atoms with van der Waals surface area (Å²) in [6, 6.07) is 9.36. The molecule has 0 aliphatic rings. The summed E-state index contributed by atoms with van der Waals surface area (Å²) in [4.78, 5) is 11.8. The summed E-state index contributed by atoms with van der Waals surface area (Å²) in [7, 11) is 1.13. The van der Waals surface area contributed by atoms with Gasteiger partial charge in [0.2, 0.25) is 0 Å². The largest absolute Gasteiger partial charge is 0.504 e. The van der Waals surface area contributed by atoms with Crippen molar-refractivity contribution in [2.24, 2.45) is 0 Å². The zero-order valence-electron chi connectivity index (χ0n) is 14.7. The van der Waals surface area contributed by atoms with Crippen molar-refractivity contribution < 1.29 is 28.7 Å². The number of carbonyl (C=O) groups is 1. The third kappa shape index (κ3) is 5.89. The van der Waals surface area contributed by atoms with Crippen LogP contribution in [0.5, 0.6) is 23.0 Å². The molecule has 0 heterocycles. The normalized spacial score (nSPS) is 12.2. The molecule has 1 atom stereocenters. The van der Waals surface area contributed by atoms with Crippen LogP contribution in [0.3, 0.4) is 0 Å². The van der Waals surface area contributed by atoms with Gasteiger partial charge in [0.15, 0.2) is 23.0 Å².